The lowest BCUT2D eigenvalue weighted by atomic mass is 10.1. The molecule has 0 radical (unpaired) electrons. The third kappa shape index (κ3) is 4.64. The van der Waals surface area contributed by atoms with Crippen molar-refractivity contribution in [3.05, 3.63) is 68.2 Å². The van der Waals surface area contributed by atoms with E-state index in [0.717, 1.165) is 12.3 Å². The van der Waals surface area contributed by atoms with Crippen LogP contribution in [0.3, 0.4) is 0 Å². The van der Waals surface area contributed by atoms with Crippen molar-refractivity contribution in [1.82, 2.24) is 4.98 Å². The van der Waals surface area contributed by atoms with E-state index < -0.39 is 36.4 Å². The van der Waals surface area contributed by atoms with E-state index in [9.17, 15) is 22.0 Å². The number of alkyl halides is 5. The molecule has 24 heavy (non-hydrogen) atoms. The van der Waals surface area contributed by atoms with E-state index in [1.54, 1.807) is 0 Å². The molecule has 0 saturated heterocycles. The van der Waals surface area contributed by atoms with E-state index in [2.05, 4.69) is 26.2 Å². The maximum absolute atomic E-state index is 14.1. The molecular formula is C15H10BrClF5N2-. The van der Waals surface area contributed by atoms with Crippen LogP contribution in [0.4, 0.5) is 22.0 Å². The van der Waals surface area contributed by atoms with Gasteiger partial charge >= 0.3 is 6.18 Å². The predicted molar refractivity (Wildman–Crippen MR) is 84.2 cm³/mol. The first kappa shape index (κ1) is 19.1. The number of rotatable bonds is 5. The molecule has 0 spiro atoms. The number of pyridine rings is 1. The summed E-state index contributed by atoms with van der Waals surface area (Å²) in [5.41, 5.74) is -1.73. The molecule has 0 N–H and O–H groups in total. The van der Waals surface area contributed by atoms with Crippen LogP contribution < -0.4 is 0 Å². The summed E-state index contributed by atoms with van der Waals surface area (Å²) in [6.07, 6.45) is -3.40. The Kier molecular flexibility index (Phi) is 5.83. The Morgan fingerprint density at radius 3 is 2.42 bits per heavy atom. The van der Waals surface area contributed by atoms with E-state index in [-0.39, 0.29) is 10.6 Å². The monoisotopic (exact) mass is 427 g/mol. The minimum atomic E-state index is -4.56. The van der Waals surface area contributed by atoms with Gasteiger partial charge in [-0.25, -0.2) is 8.78 Å². The zero-order chi connectivity index (χ0) is 18.0. The smallest absolute Gasteiger partial charge is 0.416 e. The topological polar surface area (TPSA) is 27.0 Å². The largest absolute Gasteiger partial charge is 0.653 e. The molecule has 0 atom stereocenters. The highest BCUT2D eigenvalue weighted by molar-refractivity contribution is 9.10. The number of hydrogen-bond donors (Lipinski definition) is 0. The van der Waals surface area contributed by atoms with Crippen LogP contribution >= 0.6 is 27.5 Å². The molecule has 0 saturated carbocycles. The van der Waals surface area contributed by atoms with Gasteiger partial charge in [-0.3, -0.25) is 4.98 Å². The van der Waals surface area contributed by atoms with Gasteiger partial charge in [0.1, 0.15) is 5.69 Å². The molecule has 0 fully saturated rings. The van der Waals surface area contributed by atoms with Crippen LogP contribution in [0.15, 0.2) is 41.0 Å². The highest BCUT2D eigenvalue weighted by atomic mass is 79.9. The van der Waals surface area contributed by atoms with Crippen molar-refractivity contribution in [3.8, 4) is 0 Å². The lowest BCUT2D eigenvalue weighted by Gasteiger charge is -2.27. The molecule has 0 aliphatic heterocycles. The normalized spacial score (nSPS) is 12.5. The van der Waals surface area contributed by atoms with Gasteiger partial charge in [0, 0.05) is 10.7 Å². The molecule has 0 aliphatic rings. The molecule has 9 heteroatoms. The fourth-order valence-corrected chi connectivity index (χ4v) is 2.78. The molecule has 0 amide bonds. The van der Waals surface area contributed by atoms with Crippen LogP contribution in [0.5, 0.6) is 0 Å². The molecule has 2 aromatic rings. The minimum absolute atomic E-state index is 0.171. The van der Waals surface area contributed by atoms with E-state index in [0.29, 0.717) is 4.47 Å². The summed E-state index contributed by atoms with van der Waals surface area (Å²) in [5.74, 6) is -3.48. The van der Waals surface area contributed by atoms with Gasteiger partial charge < -0.3 is 5.32 Å². The average Bonchev–Trinajstić information content (AvgIpc) is 2.46. The highest BCUT2D eigenvalue weighted by Gasteiger charge is 2.33. The van der Waals surface area contributed by atoms with E-state index >= 15 is 0 Å². The van der Waals surface area contributed by atoms with Crippen LogP contribution in [0.2, 0.25) is 5.02 Å². The average molecular weight is 429 g/mol. The van der Waals surface area contributed by atoms with E-state index in [1.807, 2.05) is 0 Å². The van der Waals surface area contributed by atoms with Crippen molar-refractivity contribution in [1.29, 1.82) is 0 Å². The van der Waals surface area contributed by atoms with Crippen molar-refractivity contribution in [3.63, 3.8) is 0 Å². The molecule has 1 aromatic heterocycles. The molecule has 1 aromatic carbocycles. The van der Waals surface area contributed by atoms with Gasteiger partial charge in [0.15, 0.2) is 0 Å². The Balaban J connectivity index is 2.09. The van der Waals surface area contributed by atoms with Gasteiger partial charge in [0.05, 0.1) is 10.6 Å². The predicted octanol–water partition coefficient (Wildman–Crippen LogP) is 6.18. The maximum atomic E-state index is 14.1. The number of hydrogen-bond acceptors (Lipinski definition) is 1. The van der Waals surface area contributed by atoms with Gasteiger partial charge in [-0.1, -0.05) is 41.9 Å². The van der Waals surface area contributed by atoms with Gasteiger partial charge in [-0.15, -0.1) is 6.54 Å². The van der Waals surface area contributed by atoms with Crippen molar-refractivity contribution in [2.24, 2.45) is 0 Å². The van der Waals surface area contributed by atoms with Crippen molar-refractivity contribution < 1.29 is 22.0 Å². The summed E-state index contributed by atoms with van der Waals surface area (Å²) in [4.78, 5) is 3.56. The maximum Gasteiger partial charge on any atom is 0.416 e. The van der Waals surface area contributed by atoms with Crippen LogP contribution in [0, 0.1) is 0 Å². The van der Waals surface area contributed by atoms with Crippen LogP contribution in [0.25, 0.3) is 5.32 Å². The second kappa shape index (κ2) is 7.33. The minimum Gasteiger partial charge on any atom is -0.653 e. The highest BCUT2D eigenvalue weighted by Crippen LogP contribution is 2.36. The summed E-state index contributed by atoms with van der Waals surface area (Å²) >= 11 is 8.78. The van der Waals surface area contributed by atoms with Gasteiger partial charge in [-0.05, 0) is 28.1 Å². The van der Waals surface area contributed by atoms with Gasteiger partial charge in [-0.2, -0.15) is 13.2 Å². The number of nitrogens with zero attached hydrogens (tertiary/aromatic N) is 2. The number of halogens is 7. The first-order chi connectivity index (χ1) is 11.1. The molecule has 0 bridgehead atoms. The zero-order valence-corrected chi connectivity index (χ0v) is 14.3. The van der Waals surface area contributed by atoms with E-state index in [1.165, 1.54) is 24.3 Å². The number of aromatic nitrogens is 1. The first-order valence-corrected chi connectivity index (χ1v) is 7.76. The molecule has 130 valence electrons. The zero-order valence-electron chi connectivity index (χ0n) is 11.9. The van der Waals surface area contributed by atoms with Crippen molar-refractivity contribution >= 4 is 27.5 Å². The summed E-state index contributed by atoms with van der Waals surface area (Å²) in [6.45, 7) is -1.51. The lowest BCUT2D eigenvalue weighted by Crippen LogP contribution is -2.21. The Morgan fingerprint density at radius 2 is 1.79 bits per heavy atom. The second-order valence-electron chi connectivity index (χ2n) is 4.88. The van der Waals surface area contributed by atoms with Crippen molar-refractivity contribution in [2.75, 3.05) is 6.54 Å². The van der Waals surface area contributed by atoms with Gasteiger partial charge in [0.25, 0.3) is 5.92 Å². The molecule has 0 unspecified atom stereocenters. The molecular weight excluding hydrogens is 419 g/mol. The third-order valence-electron chi connectivity index (χ3n) is 3.07. The van der Waals surface area contributed by atoms with Crippen LogP contribution in [-0.2, 0) is 18.6 Å². The third-order valence-corrected chi connectivity index (χ3v) is 3.79. The summed E-state index contributed by atoms with van der Waals surface area (Å²) in [5, 5.41) is 3.32. The lowest BCUT2D eigenvalue weighted by molar-refractivity contribution is -0.138. The fourth-order valence-electron chi connectivity index (χ4n) is 2.01. The molecule has 2 nitrogen and oxygen atoms in total. The Hall–Kier alpha value is -1.25. The van der Waals surface area contributed by atoms with Gasteiger partial charge in [0.2, 0.25) is 0 Å². The summed E-state index contributed by atoms with van der Waals surface area (Å²) in [6, 6.07) is 5.97. The Bertz CT molecular complexity index is 721. The van der Waals surface area contributed by atoms with E-state index in [4.69, 9.17) is 11.6 Å². The van der Waals surface area contributed by atoms with Crippen LogP contribution in [0.1, 0.15) is 16.8 Å². The Morgan fingerprint density at radius 1 is 1.12 bits per heavy atom. The first-order valence-electron chi connectivity index (χ1n) is 6.59. The molecule has 0 aliphatic carbocycles. The summed E-state index contributed by atoms with van der Waals surface area (Å²) in [7, 11) is 0. The quantitative estimate of drug-likeness (QED) is 0.522. The second-order valence-corrected chi connectivity index (χ2v) is 6.21. The Labute approximate surface area is 148 Å². The number of benzene rings is 1. The van der Waals surface area contributed by atoms with Crippen molar-refractivity contribution in [2.45, 2.75) is 18.6 Å². The van der Waals surface area contributed by atoms with Crippen LogP contribution in [-0.4, -0.2) is 11.5 Å². The molecule has 1 heterocycles. The standard InChI is InChI=1S/C15H10BrClF5N2/c16-10-5-12(17)13(24-7-10)14(18,19)8-23-6-9-3-1-2-4-11(9)15(20,21)22/h1-5,7H,6,8H2/q-1. The fraction of sp³-hybridized carbons (Fsp3) is 0.267. The SMILES string of the molecule is FC(F)(F)c1ccccc1C[N-]CC(F)(F)c1ncc(Br)cc1Cl. The summed E-state index contributed by atoms with van der Waals surface area (Å²) < 4.78 is 67.2. The molecule has 2 rings (SSSR count).